The number of nitrogens with one attached hydrogen (secondary N) is 1. The van der Waals surface area contributed by atoms with Gasteiger partial charge in [0.1, 0.15) is 0 Å². The first kappa shape index (κ1) is 14.3. The molecule has 0 aliphatic rings. The molecule has 0 radical (unpaired) electrons. The molecule has 0 spiro atoms. The van der Waals surface area contributed by atoms with Crippen LogP contribution in [-0.4, -0.2) is 21.3 Å². The van der Waals surface area contributed by atoms with Crippen LogP contribution in [-0.2, 0) is 6.18 Å². The second kappa shape index (κ2) is 4.78. The van der Waals surface area contributed by atoms with E-state index in [-0.39, 0.29) is 17.3 Å². The lowest BCUT2D eigenvalue weighted by molar-refractivity contribution is -0.139. The van der Waals surface area contributed by atoms with Crippen LogP contribution in [0.1, 0.15) is 15.9 Å². The number of carboxylic acid groups (broad SMARTS) is 1. The van der Waals surface area contributed by atoms with E-state index in [9.17, 15) is 22.4 Å². The maximum atomic E-state index is 13.7. The molecule has 106 valence electrons. The average Bonchev–Trinajstić information content (AvgIpc) is 2.83. The lowest BCUT2D eigenvalue weighted by atomic mass is 10.00. The molecule has 0 atom stereocenters. The molecule has 1 aromatic carbocycles. The predicted octanol–water partition coefficient (Wildman–Crippen LogP) is 3.59. The second-order valence-corrected chi connectivity index (χ2v) is 4.13. The summed E-state index contributed by atoms with van der Waals surface area (Å²) in [6.45, 7) is 0. The Morgan fingerprint density at radius 3 is 2.50 bits per heavy atom. The van der Waals surface area contributed by atoms with Gasteiger partial charge >= 0.3 is 12.1 Å². The molecule has 0 unspecified atom stereocenters. The summed E-state index contributed by atoms with van der Waals surface area (Å²) >= 11 is 5.56. The Labute approximate surface area is 114 Å². The third kappa shape index (κ3) is 2.34. The van der Waals surface area contributed by atoms with Gasteiger partial charge in [-0.3, -0.25) is 5.10 Å². The summed E-state index contributed by atoms with van der Waals surface area (Å²) in [6.07, 6.45) is -3.82. The van der Waals surface area contributed by atoms with Crippen molar-refractivity contribution in [3.8, 4) is 11.3 Å². The van der Waals surface area contributed by atoms with Gasteiger partial charge in [-0.15, -0.1) is 0 Å². The quantitative estimate of drug-likeness (QED) is 0.833. The van der Waals surface area contributed by atoms with E-state index in [1.165, 1.54) is 12.3 Å². The van der Waals surface area contributed by atoms with Crippen molar-refractivity contribution in [2.75, 3.05) is 0 Å². The zero-order valence-electron chi connectivity index (χ0n) is 9.42. The number of aromatic amines is 1. The molecule has 4 nitrogen and oxygen atoms in total. The Morgan fingerprint density at radius 2 is 2.05 bits per heavy atom. The number of halogens is 5. The Balaban J connectivity index is 2.83. The number of aromatic carboxylic acids is 1. The van der Waals surface area contributed by atoms with Gasteiger partial charge in [0.15, 0.2) is 5.82 Å². The van der Waals surface area contributed by atoms with Crippen molar-refractivity contribution in [2.24, 2.45) is 0 Å². The molecule has 0 fully saturated rings. The van der Waals surface area contributed by atoms with Gasteiger partial charge in [-0.1, -0.05) is 11.6 Å². The van der Waals surface area contributed by atoms with Crippen LogP contribution in [0.3, 0.4) is 0 Å². The van der Waals surface area contributed by atoms with Gasteiger partial charge in [-0.05, 0) is 12.1 Å². The fourth-order valence-corrected chi connectivity index (χ4v) is 1.96. The van der Waals surface area contributed by atoms with Crippen molar-refractivity contribution >= 4 is 17.6 Å². The molecule has 0 aliphatic carbocycles. The van der Waals surface area contributed by atoms with Crippen molar-refractivity contribution in [2.45, 2.75) is 6.18 Å². The summed E-state index contributed by atoms with van der Waals surface area (Å²) in [5.74, 6) is -3.39. The van der Waals surface area contributed by atoms with E-state index in [1.807, 2.05) is 0 Å². The molecular formula is C11H5ClF4N2O2. The fraction of sp³-hybridized carbons (Fsp3) is 0.0909. The molecule has 0 amide bonds. The van der Waals surface area contributed by atoms with E-state index in [0.717, 1.165) is 0 Å². The zero-order chi connectivity index (χ0) is 15.1. The van der Waals surface area contributed by atoms with Crippen molar-refractivity contribution in [1.82, 2.24) is 10.2 Å². The number of H-pyrrole nitrogens is 1. The summed E-state index contributed by atoms with van der Waals surface area (Å²) in [5, 5.41) is 13.9. The van der Waals surface area contributed by atoms with Crippen molar-refractivity contribution in [3.63, 3.8) is 0 Å². The first-order valence-corrected chi connectivity index (χ1v) is 5.43. The molecule has 2 rings (SSSR count). The molecule has 20 heavy (non-hydrogen) atoms. The smallest absolute Gasteiger partial charge is 0.419 e. The molecule has 0 aliphatic heterocycles. The minimum atomic E-state index is -5.05. The van der Waals surface area contributed by atoms with Crippen LogP contribution < -0.4 is 0 Å². The number of carboxylic acids is 1. The molecule has 0 saturated heterocycles. The highest BCUT2D eigenvalue weighted by atomic mass is 35.5. The third-order valence-electron chi connectivity index (χ3n) is 2.51. The SMILES string of the molecule is O=C(O)c1cc(C(F)(F)F)c(F)c(Cl)c1-c1ccn[nH]1. The number of aromatic nitrogens is 2. The highest BCUT2D eigenvalue weighted by molar-refractivity contribution is 6.34. The number of hydrogen-bond donors (Lipinski definition) is 2. The predicted molar refractivity (Wildman–Crippen MR) is 61.0 cm³/mol. The average molecular weight is 309 g/mol. The summed E-state index contributed by atoms with van der Waals surface area (Å²) in [7, 11) is 0. The number of nitrogens with zero attached hydrogens (tertiary/aromatic N) is 1. The highest BCUT2D eigenvalue weighted by Crippen LogP contribution is 2.40. The van der Waals surface area contributed by atoms with E-state index in [2.05, 4.69) is 10.2 Å². The van der Waals surface area contributed by atoms with Crippen molar-refractivity contribution < 1.29 is 27.5 Å². The van der Waals surface area contributed by atoms with Gasteiger partial charge in [-0.25, -0.2) is 9.18 Å². The molecule has 2 aromatic rings. The largest absolute Gasteiger partial charge is 0.478 e. The number of hydrogen-bond acceptors (Lipinski definition) is 2. The van der Waals surface area contributed by atoms with Gasteiger partial charge in [-0.2, -0.15) is 18.3 Å². The van der Waals surface area contributed by atoms with E-state index in [1.54, 1.807) is 0 Å². The maximum absolute atomic E-state index is 13.7. The number of rotatable bonds is 2. The summed E-state index contributed by atoms with van der Waals surface area (Å²) in [6, 6.07) is 1.47. The molecule has 2 N–H and O–H groups in total. The zero-order valence-corrected chi connectivity index (χ0v) is 10.2. The first-order chi connectivity index (χ1) is 9.23. The van der Waals surface area contributed by atoms with Crippen LogP contribution in [0.4, 0.5) is 17.6 Å². The first-order valence-electron chi connectivity index (χ1n) is 5.05. The van der Waals surface area contributed by atoms with Gasteiger partial charge < -0.3 is 5.11 Å². The lowest BCUT2D eigenvalue weighted by Gasteiger charge is -2.14. The molecule has 0 saturated carbocycles. The Hall–Kier alpha value is -2.09. The van der Waals surface area contributed by atoms with Crippen LogP contribution >= 0.6 is 11.6 Å². The fourth-order valence-electron chi connectivity index (χ4n) is 1.66. The minimum absolute atomic E-state index is 0.0000227. The molecule has 9 heteroatoms. The van der Waals surface area contributed by atoms with Gasteiger partial charge in [0.25, 0.3) is 0 Å². The van der Waals surface area contributed by atoms with Crippen LogP contribution in [0.5, 0.6) is 0 Å². The van der Waals surface area contributed by atoms with Gasteiger partial charge in [0.2, 0.25) is 0 Å². The topological polar surface area (TPSA) is 66.0 Å². The minimum Gasteiger partial charge on any atom is -0.478 e. The Kier molecular flexibility index (Phi) is 3.43. The van der Waals surface area contributed by atoms with Gasteiger partial charge in [0.05, 0.1) is 21.8 Å². The van der Waals surface area contributed by atoms with Crippen LogP contribution in [0, 0.1) is 5.82 Å². The maximum Gasteiger partial charge on any atom is 0.419 e. The Morgan fingerprint density at radius 1 is 1.40 bits per heavy atom. The van der Waals surface area contributed by atoms with Crippen molar-refractivity contribution in [1.29, 1.82) is 0 Å². The Bertz CT molecular complexity index is 668. The second-order valence-electron chi connectivity index (χ2n) is 3.75. The molecule has 0 bridgehead atoms. The number of alkyl halides is 3. The lowest BCUT2D eigenvalue weighted by Crippen LogP contribution is -2.12. The molecular weight excluding hydrogens is 304 g/mol. The van der Waals surface area contributed by atoms with Crippen LogP contribution in [0.2, 0.25) is 5.02 Å². The van der Waals surface area contributed by atoms with E-state index in [4.69, 9.17) is 16.7 Å². The molecule has 1 heterocycles. The third-order valence-corrected chi connectivity index (χ3v) is 2.87. The van der Waals surface area contributed by atoms with Crippen LogP contribution in [0.25, 0.3) is 11.3 Å². The van der Waals surface area contributed by atoms with Gasteiger partial charge in [0, 0.05) is 11.8 Å². The van der Waals surface area contributed by atoms with Crippen LogP contribution in [0.15, 0.2) is 18.3 Å². The monoisotopic (exact) mass is 308 g/mol. The normalized spacial score (nSPS) is 11.7. The van der Waals surface area contributed by atoms with Crippen molar-refractivity contribution in [3.05, 3.63) is 40.3 Å². The summed E-state index contributed by atoms with van der Waals surface area (Å²) < 4.78 is 51.6. The van der Waals surface area contributed by atoms with E-state index < -0.39 is 34.1 Å². The highest BCUT2D eigenvalue weighted by Gasteiger charge is 2.38. The summed E-state index contributed by atoms with van der Waals surface area (Å²) in [5.41, 5.74) is -2.89. The number of benzene rings is 1. The number of carbonyl (C=O) groups is 1. The van der Waals surface area contributed by atoms with E-state index >= 15 is 0 Å². The van der Waals surface area contributed by atoms with E-state index in [0.29, 0.717) is 0 Å². The summed E-state index contributed by atoms with van der Waals surface area (Å²) in [4.78, 5) is 11.1. The standard InChI is InChI=1S/C11H5ClF4N2O2/c12-8-7(6-1-2-17-18-6)4(10(19)20)3-5(9(8)13)11(14,15)16/h1-3H,(H,17,18)(H,19,20). The molecule has 1 aromatic heterocycles.